The van der Waals surface area contributed by atoms with Gasteiger partial charge >= 0.3 is 6.03 Å². The number of amides is 4. The van der Waals surface area contributed by atoms with Crippen LogP contribution in [0.3, 0.4) is 0 Å². The summed E-state index contributed by atoms with van der Waals surface area (Å²) in [5.41, 5.74) is 0. The van der Waals surface area contributed by atoms with Gasteiger partial charge in [-0.05, 0) is 0 Å². The van der Waals surface area contributed by atoms with Gasteiger partial charge in [-0.3, -0.25) is 14.9 Å². The Balaban J connectivity index is 2.72. The zero-order valence-electron chi connectivity index (χ0n) is 5.67. The molecule has 4 amide bonds. The minimum Gasteiger partial charge on any atom is -0.306 e. The fourth-order valence-electron chi connectivity index (χ4n) is 0.588. The van der Waals surface area contributed by atoms with Crippen molar-refractivity contribution in [2.75, 3.05) is 0 Å². The number of carbonyl (C=O) groups excluding carboxylic acids is 3. The Hall–Kier alpha value is -1.72. The fraction of sp³-hybridized carbons (Fsp3) is 0.200. The van der Waals surface area contributed by atoms with Gasteiger partial charge in [-0.15, -0.1) is 0 Å². The minimum absolute atomic E-state index is 0.248. The number of imide groups is 1. The van der Waals surface area contributed by atoms with Gasteiger partial charge in [-0.2, -0.15) is 4.99 Å². The quantitative estimate of drug-likeness (QED) is 0.459. The SMILES string of the molecule is CC(=O)NC1=NC(=O)NC1=O. The third-order valence-corrected chi connectivity index (χ3v) is 0.943. The maximum absolute atomic E-state index is 10.6. The molecule has 0 aromatic carbocycles. The first kappa shape index (κ1) is 7.39. The van der Waals surface area contributed by atoms with Gasteiger partial charge < -0.3 is 5.32 Å². The summed E-state index contributed by atoms with van der Waals surface area (Å²) in [7, 11) is 0. The van der Waals surface area contributed by atoms with Crippen molar-refractivity contribution in [1.29, 1.82) is 0 Å². The average molecular weight is 155 g/mol. The number of urea groups is 1. The summed E-state index contributed by atoms with van der Waals surface area (Å²) in [6.45, 7) is 1.22. The van der Waals surface area contributed by atoms with E-state index in [2.05, 4.69) is 10.3 Å². The number of nitrogens with one attached hydrogen (secondary N) is 2. The molecule has 6 heteroatoms. The van der Waals surface area contributed by atoms with Crippen molar-refractivity contribution in [3.05, 3.63) is 0 Å². The largest absolute Gasteiger partial charge is 0.350 e. The van der Waals surface area contributed by atoms with E-state index in [1.807, 2.05) is 5.32 Å². The lowest BCUT2D eigenvalue weighted by Gasteiger charge is -1.94. The summed E-state index contributed by atoms with van der Waals surface area (Å²) in [5.74, 6) is -1.36. The van der Waals surface area contributed by atoms with E-state index in [0.717, 1.165) is 0 Å². The smallest absolute Gasteiger partial charge is 0.306 e. The highest BCUT2D eigenvalue weighted by molar-refractivity contribution is 6.47. The monoisotopic (exact) mass is 155 g/mol. The summed E-state index contributed by atoms with van der Waals surface area (Å²) in [6.07, 6.45) is 0. The lowest BCUT2D eigenvalue weighted by molar-refractivity contribution is -0.119. The molecule has 0 radical (unpaired) electrons. The molecule has 0 unspecified atom stereocenters. The number of nitrogens with zero attached hydrogens (tertiary/aromatic N) is 1. The second-order valence-electron chi connectivity index (χ2n) is 1.90. The Morgan fingerprint density at radius 2 is 2.18 bits per heavy atom. The second-order valence-corrected chi connectivity index (χ2v) is 1.90. The van der Waals surface area contributed by atoms with Gasteiger partial charge in [0.25, 0.3) is 5.91 Å². The van der Waals surface area contributed by atoms with Gasteiger partial charge in [0.15, 0.2) is 0 Å². The van der Waals surface area contributed by atoms with E-state index < -0.39 is 17.8 Å². The van der Waals surface area contributed by atoms with Crippen molar-refractivity contribution in [2.45, 2.75) is 6.92 Å². The Kier molecular flexibility index (Phi) is 1.67. The molecule has 0 saturated heterocycles. The predicted molar refractivity (Wildman–Crippen MR) is 34.8 cm³/mol. The van der Waals surface area contributed by atoms with E-state index in [1.54, 1.807) is 0 Å². The van der Waals surface area contributed by atoms with Gasteiger partial charge in [0, 0.05) is 6.92 Å². The summed E-state index contributed by atoms with van der Waals surface area (Å²) < 4.78 is 0. The highest BCUT2D eigenvalue weighted by Gasteiger charge is 2.23. The van der Waals surface area contributed by atoms with Crippen molar-refractivity contribution in [3.63, 3.8) is 0 Å². The summed E-state index contributed by atoms with van der Waals surface area (Å²) in [4.78, 5) is 34.6. The third-order valence-electron chi connectivity index (χ3n) is 0.943. The molecule has 58 valence electrons. The maximum atomic E-state index is 10.6. The zero-order chi connectivity index (χ0) is 8.43. The average Bonchev–Trinajstić information content (AvgIpc) is 2.09. The van der Waals surface area contributed by atoms with Gasteiger partial charge in [-0.1, -0.05) is 0 Å². The standard InChI is InChI=1S/C5H5N3O3/c1-2(9)6-3-4(10)8-5(11)7-3/h1H3,(H2,6,7,8,9,10,11). The maximum Gasteiger partial charge on any atom is 0.350 e. The van der Waals surface area contributed by atoms with Gasteiger partial charge in [0.1, 0.15) is 0 Å². The van der Waals surface area contributed by atoms with E-state index in [1.165, 1.54) is 6.92 Å². The first-order chi connectivity index (χ1) is 5.09. The Morgan fingerprint density at radius 1 is 1.55 bits per heavy atom. The molecule has 1 rings (SSSR count). The van der Waals surface area contributed by atoms with Crippen molar-refractivity contribution >= 4 is 23.7 Å². The number of carbonyl (C=O) groups is 3. The van der Waals surface area contributed by atoms with Crippen LogP contribution in [0.1, 0.15) is 6.92 Å². The van der Waals surface area contributed by atoms with Crippen molar-refractivity contribution in [1.82, 2.24) is 10.6 Å². The van der Waals surface area contributed by atoms with Gasteiger partial charge in [-0.25, -0.2) is 4.79 Å². The molecule has 0 spiro atoms. The molecule has 1 heterocycles. The Morgan fingerprint density at radius 3 is 2.55 bits per heavy atom. The van der Waals surface area contributed by atoms with E-state index in [9.17, 15) is 14.4 Å². The number of hydrogen-bond donors (Lipinski definition) is 2. The lowest BCUT2D eigenvalue weighted by Crippen LogP contribution is -2.36. The van der Waals surface area contributed by atoms with Crippen molar-refractivity contribution in [3.8, 4) is 0 Å². The molecule has 1 aliphatic heterocycles. The van der Waals surface area contributed by atoms with Crippen LogP contribution in [0.5, 0.6) is 0 Å². The van der Waals surface area contributed by atoms with Crippen LogP contribution < -0.4 is 10.6 Å². The molecule has 0 aromatic rings. The van der Waals surface area contributed by atoms with Crippen LogP contribution in [-0.2, 0) is 9.59 Å². The first-order valence-electron chi connectivity index (χ1n) is 2.81. The van der Waals surface area contributed by atoms with Gasteiger partial charge in [0.05, 0.1) is 0 Å². The molecule has 0 aromatic heterocycles. The van der Waals surface area contributed by atoms with Crippen LogP contribution in [0.25, 0.3) is 0 Å². The molecule has 11 heavy (non-hydrogen) atoms. The van der Waals surface area contributed by atoms with Crippen LogP contribution >= 0.6 is 0 Å². The molecule has 6 nitrogen and oxygen atoms in total. The van der Waals surface area contributed by atoms with Crippen LogP contribution in [0, 0.1) is 0 Å². The third kappa shape index (κ3) is 1.60. The van der Waals surface area contributed by atoms with Gasteiger partial charge in [0.2, 0.25) is 11.7 Å². The lowest BCUT2D eigenvalue weighted by atomic mass is 10.5. The van der Waals surface area contributed by atoms with Crippen LogP contribution in [0.15, 0.2) is 4.99 Å². The molecule has 1 aliphatic rings. The van der Waals surface area contributed by atoms with E-state index in [-0.39, 0.29) is 5.84 Å². The minimum atomic E-state index is -0.751. The molecule has 0 aliphatic carbocycles. The predicted octanol–water partition coefficient (Wildman–Crippen LogP) is -1.23. The van der Waals surface area contributed by atoms with Crippen LogP contribution in [0.4, 0.5) is 4.79 Å². The van der Waals surface area contributed by atoms with E-state index >= 15 is 0 Å². The number of aliphatic imine (C=N–C) groups is 1. The summed E-state index contributed by atoms with van der Waals surface area (Å²) >= 11 is 0. The molecular formula is C5H5N3O3. The van der Waals surface area contributed by atoms with Crippen molar-refractivity contribution in [2.24, 2.45) is 4.99 Å². The first-order valence-corrected chi connectivity index (χ1v) is 2.81. The highest BCUT2D eigenvalue weighted by Crippen LogP contribution is 1.88. The van der Waals surface area contributed by atoms with E-state index in [0.29, 0.717) is 0 Å². The summed E-state index contributed by atoms with van der Waals surface area (Å²) in [6, 6.07) is -0.751. The molecule has 0 fully saturated rings. The Bertz CT molecular complexity index is 268. The molecule has 0 saturated carbocycles. The second kappa shape index (κ2) is 2.49. The number of amidine groups is 1. The Labute approximate surface area is 61.7 Å². The van der Waals surface area contributed by atoms with E-state index in [4.69, 9.17) is 0 Å². The fourth-order valence-corrected chi connectivity index (χ4v) is 0.588. The molecular weight excluding hydrogens is 150 g/mol. The van der Waals surface area contributed by atoms with Crippen LogP contribution in [-0.4, -0.2) is 23.7 Å². The summed E-state index contributed by atoms with van der Waals surface area (Å²) in [5, 5.41) is 3.98. The normalized spacial score (nSPS) is 15.9. The highest BCUT2D eigenvalue weighted by atomic mass is 16.2. The number of hydrogen-bond acceptors (Lipinski definition) is 3. The topological polar surface area (TPSA) is 87.6 Å². The molecule has 2 N–H and O–H groups in total. The number of rotatable bonds is 0. The van der Waals surface area contributed by atoms with Crippen molar-refractivity contribution < 1.29 is 14.4 Å². The zero-order valence-corrected chi connectivity index (χ0v) is 5.67. The molecule has 0 bridgehead atoms. The van der Waals surface area contributed by atoms with Crippen LogP contribution in [0.2, 0.25) is 0 Å². The molecule has 0 atom stereocenters.